The van der Waals surface area contributed by atoms with Crippen LogP contribution in [0.1, 0.15) is 17.5 Å². The average molecular weight is 427 g/mol. The molecule has 1 aromatic carbocycles. The molecule has 0 atom stereocenters. The normalized spacial score (nSPS) is 14.7. The van der Waals surface area contributed by atoms with Gasteiger partial charge in [0.2, 0.25) is 0 Å². The first-order valence-electron chi connectivity index (χ1n) is 3.96. The summed E-state index contributed by atoms with van der Waals surface area (Å²) in [6, 6.07) is 6.72. The number of halogens is 1. The standard InChI is InChI=1S/C10H8ClO.Cm/c11-9-3-1-7-2-4-10(12)6-8(7)5-9;/h3,5H,2,4,6H2;/q-1;. The Morgan fingerprint density at radius 2 is 2.15 bits per heavy atom. The maximum absolute atomic E-state index is 11.1. The Morgan fingerprint density at radius 1 is 1.38 bits per heavy atom. The zero-order valence-corrected chi connectivity index (χ0v) is 10.6. The van der Waals surface area contributed by atoms with Crippen LogP contribution in [0.2, 0.25) is 5.02 Å². The molecule has 0 aromatic heterocycles. The van der Waals surface area contributed by atoms with Gasteiger partial charge in [0.15, 0.2) is 0 Å². The van der Waals surface area contributed by atoms with Gasteiger partial charge in [-0.25, -0.2) is 0 Å². The zero-order valence-electron chi connectivity index (χ0n) is 6.92. The van der Waals surface area contributed by atoms with Crippen LogP contribution < -0.4 is 0 Å². The van der Waals surface area contributed by atoms with Crippen LogP contribution in [-0.4, -0.2) is 5.78 Å². The number of hydrogen-bond acceptors (Lipinski definition) is 1. The maximum atomic E-state index is 11.1. The Hall–Kier alpha value is -1.82. The number of benzene rings is 1. The summed E-state index contributed by atoms with van der Waals surface area (Å²) in [5, 5.41) is 0.670. The molecule has 3 heteroatoms. The van der Waals surface area contributed by atoms with Crippen molar-refractivity contribution in [3.8, 4) is 0 Å². The quantitative estimate of drug-likeness (QED) is 0.582. The predicted octanol–water partition coefficient (Wildman–Crippen LogP) is 2.20. The van der Waals surface area contributed by atoms with Crippen molar-refractivity contribution in [1.82, 2.24) is 0 Å². The van der Waals surface area contributed by atoms with Crippen molar-refractivity contribution < 1.29 is 4.79 Å². The van der Waals surface area contributed by atoms with Crippen LogP contribution in [0.4, 0.5) is 0 Å². The minimum Gasteiger partial charge on any atom is -0.300 e. The number of aryl methyl sites for hydroxylation is 1. The van der Waals surface area contributed by atoms with E-state index in [9.17, 15) is 4.79 Å². The van der Waals surface area contributed by atoms with E-state index in [4.69, 9.17) is 11.6 Å². The molecule has 0 spiro atoms. The van der Waals surface area contributed by atoms with Gasteiger partial charge in [0.1, 0.15) is 5.78 Å². The summed E-state index contributed by atoms with van der Waals surface area (Å²) >= 11 is 5.78. The molecular weight excluding hydrogens is 419 g/mol. The van der Waals surface area contributed by atoms with Gasteiger partial charge in [0.25, 0.3) is 0 Å². The SMILES string of the molecule is O=C1CCc2[c-]cc(Cl)cc2C1.[Cm]. The van der Waals surface area contributed by atoms with Gasteiger partial charge >= 0.3 is 0 Å². The number of fused-ring (bicyclic) bond motifs is 1. The Bertz CT molecular complexity index is 336. The summed E-state index contributed by atoms with van der Waals surface area (Å²) in [5.41, 5.74) is 2.21. The summed E-state index contributed by atoms with van der Waals surface area (Å²) in [5.74, 6) is 0.304. The van der Waals surface area contributed by atoms with Crippen molar-refractivity contribution >= 4 is 17.4 Å². The van der Waals surface area contributed by atoms with E-state index in [1.54, 1.807) is 6.07 Å². The first-order valence-corrected chi connectivity index (χ1v) is 4.34. The molecular formula is C10H8ClCmO-. The van der Waals surface area contributed by atoms with Crippen LogP contribution in [-0.2, 0) is 17.6 Å². The van der Waals surface area contributed by atoms with Crippen molar-refractivity contribution in [3.63, 3.8) is 0 Å². The molecule has 70 valence electrons. The summed E-state index contributed by atoms with van der Waals surface area (Å²) in [4.78, 5) is 11.1. The Kier molecular flexibility index (Phi) is 2.34. The van der Waals surface area contributed by atoms with Gasteiger partial charge in [-0.05, 0) is 12.8 Å². The van der Waals surface area contributed by atoms with Crippen LogP contribution in [0.15, 0.2) is 12.1 Å². The second-order valence-electron chi connectivity index (χ2n) is 3.04. The first-order chi connectivity index (χ1) is 5.75. The molecule has 0 bridgehead atoms. The second kappa shape index (κ2) is 3.28. The van der Waals surface area contributed by atoms with E-state index < -0.39 is 0 Å². The first kappa shape index (κ1) is 9.27. The Balaban J connectivity index is 0.000000845. The summed E-state index contributed by atoms with van der Waals surface area (Å²) in [7, 11) is 0. The van der Waals surface area contributed by atoms with Gasteiger partial charge in [-0.15, -0.1) is 5.56 Å². The van der Waals surface area contributed by atoms with E-state index in [2.05, 4.69) is 6.07 Å². The van der Waals surface area contributed by atoms with Crippen LogP contribution in [0.25, 0.3) is 0 Å². The number of rotatable bonds is 0. The maximum Gasteiger partial charge on any atom is 0.126 e. The molecule has 0 fully saturated rings. The molecule has 1 aliphatic carbocycles. The Labute approximate surface area is 76.4 Å². The van der Waals surface area contributed by atoms with Crippen LogP contribution in [0.3, 0.4) is 0 Å². The van der Waals surface area contributed by atoms with E-state index >= 15 is 0 Å². The molecule has 1 aromatic rings. The fraction of sp³-hybridized carbons (Fsp3) is 0.300. The van der Waals surface area contributed by atoms with Crippen molar-refractivity contribution in [2.75, 3.05) is 0 Å². The van der Waals surface area contributed by atoms with Crippen molar-refractivity contribution in [2.24, 2.45) is 0 Å². The van der Waals surface area contributed by atoms with Crippen LogP contribution >= 0.6 is 11.6 Å². The van der Waals surface area contributed by atoms with Gasteiger partial charge in [-0.3, -0.25) is 0 Å². The topological polar surface area (TPSA) is 17.1 Å². The van der Waals surface area contributed by atoms with Gasteiger partial charge in [0, 0.05) is 6.42 Å². The molecule has 0 saturated heterocycles. The van der Waals surface area contributed by atoms with Gasteiger partial charge in [0.05, 0.1) is 0 Å². The van der Waals surface area contributed by atoms with Crippen LogP contribution in [0, 0.1) is 6.07 Å². The molecule has 0 radical (unpaired) electrons. The van der Waals surface area contributed by atoms with Crippen molar-refractivity contribution in [3.05, 3.63) is 34.3 Å². The predicted molar refractivity (Wildman–Crippen MR) is 47.3 cm³/mol. The van der Waals surface area contributed by atoms with E-state index in [1.807, 2.05) is 6.07 Å². The minimum atomic E-state index is 0. The summed E-state index contributed by atoms with van der Waals surface area (Å²) in [6.45, 7) is 0. The molecule has 0 heterocycles. The molecule has 0 N–H and O–H groups in total. The van der Waals surface area contributed by atoms with Gasteiger partial charge in [-0.1, -0.05) is 5.02 Å². The zero-order chi connectivity index (χ0) is 8.55. The van der Waals surface area contributed by atoms with Crippen molar-refractivity contribution in [1.29, 1.82) is 0 Å². The van der Waals surface area contributed by atoms with Gasteiger partial charge in [-0.2, -0.15) is 35.4 Å². The summed E-state index contributed by atoms with van der Waals surface area (Å²) in [6.07, 6.45) is 2.02. The Morgan fingerprint density at radius 3 is 2.92 bits per heavy atom. The fourth-order valence-electron chi connectivity index (χ4n) is 1.50. The molecule has 0 aliphatic heterocycles. The molecule has 1 aliphatic rings. The van der Waals surface area contributed by atoms with E-state index in [1.165, 1.54) is 0 Å². The smallest absolute Gasteiger partial charge is 0.126 e. The monoisotopic (exact) mass is 422 g/mol. The molecule has 0 amide bonds. The van der Waals surface area contributed by atoms with E-state index in [-0.39, 0.29) is 0 Å². The fourth-order valence-corrected chi connectivity index (χ4v) is 1.69. The third-order valence-electron chi connectivity index (χ3n) is 2.13. The van der Waals surface area contributed by atoms with Gasteiger partial charge < -0.3 is 4.79 Å². The number of Topliss-reactive ketones (excluding diaryl/α,β-unsaturated/α-hetero) is 1. The largest absolute Gasteiger partial charge is 0.300 e. The third kappa shape index (κ3) is 1.67. The minimum absolute atomic E-state index is 0. The third-order valence-corrected chi connectivity index (χ3v) is 2.34. The molecule has 0 unspecified atom stereocenters. The molecule has 2 rings (SSSR count). The molecule has 13 heavy (non-hydrogen) atoms. The van der Waals surface area contributed by atoms with E-state index in [0.717, 1.165) is 17.5 Å². The van der Waals surface area contributed by atoms with Crippen molar-refractivity contribution in [2.45, 2.75) is 19.3 Å². The van der Waals surface area contributed by atoms with E-state index in [0.29, 0.717) is 23.6 Å². The molecule has 1 nitrogen and oxygen atoms in total. The number of ketones is 1. The number of hydrogen-bond donors (Lipinski definition) is 0. The number of carbonyl (C=O) groups excluding carboxylic acids is 1. The molecule has 0 saturated carbocycles. The van der Waals surface area contributed by atoms with Crippen LogP contribution in [0.5, 0.6) is 0 Å². The summed E-state index contributed by atoms with van der Waals surface area (Å²) < 4.78 is 0. The number of carbonyl (C=O) groups is 1. The average Bonchev–Trinajstić information content (AvgIpc) is 2.03. The second-order valence-corrected chi connectivity index (χ2v) is 3.47.